The van der Waals surface area contributed by atoms with Gasteiger partial charge in [-0.25, -0.2) is 0 Å². The lowest BCUT2D eigenvalue weighted by atomic mass is 9.84. The van der Waals surface area contributed by atoms with Crippen LogP contribution in [0.4, 0.5) is 0 Å². The summed E-state index contributed by atoms with van der Waals surface area (Å²) in [6, 6.07) is 0. The third kappa shape index (κ3) is 11.2. The topological polar surface area (TPSA) is 54.9 Å². The van der Waals surface area contributed by atoms with Gasteiger partial charge < -0.3 is 20.1 Å². The monoisotopic (exact) mass is 441 g/mol. The third-order valence-corrected chi connectivity index (χ3v) is 3.77. The van der Waals surface area contributed by atoms with Gasteiger partial charge in [0.15, 0.2) is 5.96 Å². The lowest BCUT2D eigenvalue weighted by Gasteiger charge is -2.28. The fourth-order valence-corrected chi connectivity index (χ4v) is 2.89. The number of aliphatic imine (C=N–C) groups is 1. The predicted octanol–water partition coefficient (Wildman–Crippen LogP) is 3.04. The van der Waals surface area contributed by atoms with E-state index in [1.807, 2.05) is 7.05 Å². The van der Waals surface area contributed by atoms with Crippen LogP contribution in [0.5, 0.6) is 0 Å². The molecule has 0 spiro atoms. The van der Waals surface area contributed by atoms with Crippen LogP contribution >= 0.6 is 24.0 Å². The normalized spacial score (nSPS) is 18.9. The highest BCUT2D eigenvalue weighted by atomic mass is 127. The molecule has 0 bridgehead atoms. The fraction of sp³-hybridized carbons (Fsp3) is 0.941. The molecule has 1 aliphatic rings. The van der Waals surface area contributed by atoms with E-state index in [1.54, 1.807) is 0 Å². The van der Waals surface area contributed by atoms with Gasteiger partial charge in [-0.3, -0.25) is 4.99 Å². The number of hydrogen-bond donors (Lipinski definition) is 2. The Labute approximate surface area is 159 Å². The van der Waals surface area contributed by atoms with Crippen molar-refractivity contribution < 1.29 is 9.47 Å². The Balaban J connectivity index is 0.00000484. The molecule has 1 saturated heterocycles. The van der Waals surface area contributed by atoms with Crippen molar-refractivity contribution in [2.24, 2.45) is 16.3 Å². The summed E-state index contributed by atoms with van der Waals surface area (Å²) in [7, 11) is 1.82. The van der Waals surface area contributed by atoms with E-state index in [1.165, 1.54) is 6.42 Å². The molecule has 5 nitrogen and oxygen atoms in total. The Morgan fingerprint density at radius 1 is 1.35 bits per heavy atom. The standard InChI is InChI=1S/C17H35N3O2.HI/c1-14(2)11-17(3,4)13-20-16(18-5)19-8-6-9-22-15-7-10-21-12-15;/h14-15H,6-13H2,1-5H3,(H2,18,19,20);1H. The number of halogens is 1. The van der Waals surface area contributed by atoms with Crippen molar-refractivity contribution in [2.75, 3.05) is 40.0 Å². The Bertz CT molecular complexity index is 330. The van der Waals surface area contributed by atoms with E-state index >= 15 is 0 Å². The summed E-state index contributed by atoms with van der Waals surface area (Å²) < 4.78 is 11.0. The van der Waals surface area contributed by atoms with Crippen LogP contribution in [0.3, 0.4) is 0 Å². The van der Waals surface area contributed by atoms with Crippen molar-refractivity contribution in [3.63, 3.8) is 0 Å². The molecule has 23 heavy (non-hydrogen) atoms. The van der Waals surface area contributed by atoms with E-state index in [-0.39, 0.29) is 29.4 Å². The summed E-state index contributed by atoms with van der Waals surface area (Å²) in [5, 5.41) is 6.77. The van der Waals surface area contributed by atoms with Crippen LogP contribution in [-0.2, 0) is 9.47 Å². The largest absolute Gasteiger partial charge is 0.379 e. The van der Waals surface area contributed by atoms with E-state index in [0.29, 0.717) is 12.0 Å². The Hall–Kier alpha value is -0.0800. The quantitative estimate of drug-likeness (QED) is 0.250. The molecule has 0 amide bonds. The van der Waals surface area contributed by atoms with Crippen molar-refractivity contribution >= 4 is 29.9 Å². The first-order valence-corrected chi connectivity index (χ1v) is 8.57. The van der Waals surface area contributed by atoms with Crippen LogP contribution in [0.15, 0.2) is 4.99 Å². The molecule has 1 atom stereocenters. The average molecular weight is 441 g/mol. The van der Waals surface area contributed by atoms with Crippen LogP contribution < -0.4 is 10.6 Å². The maximum absolute atomic E-state index is 5.75. The van der Waals surface area contributed by atoms with Gasteiger partial charge >= 0.3 is 0 Å². The number of hydrogen-bond acceptors (Lipinski definition) is 3. The molecule has 0 radical (unpaired) electrons. The first kappa shape index (κ1) is 22.9. The maximum Gasteiger partial charge on any atom is 0.190 e. The van der Waals surface area contributed by atoms with E-state index in [0.717, 1.165) is 51.7 Å². The van der Waals surface area contributed by atoms with Gasteiger partial charge in [0, 0.05) is 33.4 Å². The Morgan fingerprint density at radius 2 is 2.09 bits per heavy atom. The van der Waals surface area contributed by atoms with Gasteiger partial charge in [0.1, 0.15) is 0 Å². The molecular weight excluding hydrogens is 405 g/mol. The first-order valence-electron chi connectivity index (χ1n) is 8.57. The van der Waals surface area contributed by atoms with Crippen molar-refractivity contribution in [1.82, 2.24) is 10.6 Å². The lowest BCUT2D eigenvalue weighted by Crippen LogP contribution is -2.42. The second-order valence-corrected chi connectivity index (χ2v) is 7.32. The molecule has 1 aliphatic heterocycles. The number of guanidine groups is 1. The van der Waals surface area contributed by atoms with E-state index < -0.39 is 0 Å². The van der Waals surface area contributed by atoms with Gasteiger partial charge in [0.25, 0.3) is 0 Å². The van der Waals surface area contributed by atoms with Crippen LogP contribution in [-0.4, -0.2) is 52.0 Å². The van der Waals surface area contributed by atoms with Crippen LogP contribution in [0.1, 0.15) is 47.0 Å². The van der Waals surface area contributed by atoms with E-state index in [2.05, 4.69) is 43.3 Å². The lowest BCUT2D eigenvalue weighted by molar-refractivity contribution is 0.0420. The van der Waals surface area contributed by atoms with Crippen LogP contribution in [0.2, 0.25) is 0 Å². The number of ether oxygens (including phenoxy) is 2. The minimum atomic E-state index is 0. The minimum Gasteiger partial charge on any atom is -0.379 e. The smallest absolute Gasteiger partial charge is 0.190 e. The summed E-state index contributed by atoms with van der Waals surface area (Å²) in [6.07, 6.45) is 3.51. The molecule has 1 fully saturated rings. The SMILES string of the molecule is CN=C(NCCCOC1CCOC1)NCC(C)(C)CC(C)C.I. The van der Waals surface area contributed by atoms with Crippen molar-refractivity contribution in [2.45, 2.75) is 53.1 Å². The zero-order chi connectivity index (χ0) is 16.4. The van der Waals surface area contributed by atoms with Gasteiger partial charge in [0.2, 0.25) is 0 Å². The van der Waals surface area contributed by atoms with Gasteiger partial charge in [-0.05, 0) is 30.6 Å². The van der Waals surface area contributed by atoms with Crippen molar-refractivity contribution in [1.29, 1.82) is 0 Å². The highest BCUT2D eigenvalue weighted by Gasteiger charge is 2.19. The van der Waals surface area contributed by atoms with Crippen LogP contribution in [0, 0.1) is 11.3 Å². The van der Waals surface area contributed by atoms with Crippen molar-refractivity contribution in [3.05, 3.63) is 0 Å². The highest BCUT2D eigenvalue weighted by molar-refractivity contribution is 14.0. The number of nitrogens with one attached hydrogen (secondary N) is 2. The Kier molecular flexibility index (Phi) is 12.3. The number of nitrogens with zero attached hydrogens (tertiary/aromatic N) is 1. The highest BCUT2D eigenvalue weighted by Crippen LogP contribution is 2.23. The van der Waals surface area contributed by atoms with E-state index in [9.17, 15) is 0 Å². The molecule has 1 unspecified atom stereocenters. The second kappa shape index (κ2) is 12.3. The van der Waals surface area contributed by atoms with Gasteiger partial charge in [0.05, 0.1) is 12.7 Å². The third-order valence-electron chi connectivity index (χ3n) is 3.77. The summed E-state index contributed by atoms with van der Waals surface area (Å²) in [5.41, 5.74) is 0.275. The predicted molar refractivity (Wildman–Crippen MR) is 108 cm³/mol. The molecule has 6 heteroatoms. The Morgan fingerprint density at radius 3 is 2.65 bits per heavy atom. The number of rotatable bonds is 9. The second-order valence-electron chi connectivity index (χ2n) is 7.32. The fourth-order valence-electron chi connectivity index (χ4n) is 2.89. The molecule has 0 aromatic heterocycles. The summed E-state index contributed by atoms with van der Waals surface area (Å²) in [5.74, 6) is 1.59. The average Bonchev–Trinajstić information content (AvgIpc) is 2.93. The molecule has 138 valence electrons. The molecule has 0 aromatic rings. The summed E-state index contributed by atoms with van der Waals surface area (Å²) >= 11 is 0. The van der Waals surface area contributed by atoms with E-state index in [4.69, 9.17) is 9.47 Å². The molecule has 2 N–H and O–H groups in total. The molecule has 1 rings (SSSR count). The molecule has 0 saturated carbocycles. The molecule has 0 aliphatic carbocycles. The minimum absolute atomic E-state index is 0. The molecule has 0 aromatic carbocycles. The van der Waals surface area contributed by atoms with Crippen LogP contribution in [0.25, 0.3) is 0 Å². The first-order chi connectivity index (χ1) is 10.4. The summed E-state index contributed by atoms with van der Waals surface area (Å²) in [6.45, 7) is 13.3. The molecular formula is C17H36IN3O2. The maximum atomic E-state index is 5.75. The van der Waals surface area contributed by atoms with Gasteiger partial charge in [-0.1, -0.05) is 27.7 Å². The zero-order valence-electron chi connectivity index (χ0n) is 15.5. The summed E-state index contributed by atoms with van der Waals surface area (Å²) in [4.78, 5) is 4.28. The van der Waals surface area contributed by atoms with Gasteiger partial charge in [-0.2, -0.15) is 0 Å². The van der Waals surface area contributed by atoms with Crippen molar-refractivity contribution in [3.8, 4) is 0 Å². The molecule has 1 heterocycles. The van der Waals surface area contributed by atoms with Gasteiger partial charge in [-0.15, -0.1) is 24.0 Å². The zero-order valence-corrected chi connectivity index (χ0v) is 17.8.